The molecular weight excluding hydrogens is 226 g/mol. The molecule has 0 aromatic carbocycles. The molecule has 2 unspecified atom stereocenters. The summed E-state index contributed by atoms with van der Waals surface area (Å²) in [5, 5.41) is 0. The van der Waals surface area contributed by atoms with Gasteiger partial charge in [-0.25, -0.2) is 0 Å². The lowest BCUT2D eigenvalue weighted by atomic mass is 9.89. The summed E-state index contributed by atoms with van der Waals surface area (Å²) >= 11 is 5.78. The van der Waals surface area contributed by atoms with E-state index in [1.807, 2.05) is 11.8 Å². The van der Waals surface area contributed by atoms with Crippen LogP contribution in [0.5, 0.6) is 0 Å². The summed E-state index contributed by atoms with van der Waals surface area (Å²) in [7, 11) is 0. The zero-order valence-corrected chi connectivity index (χ0v) is 10.6. The van der Waals surface area contributed by atoms with Gasteiger partial charge in [-0.3, -0.25) is 4.79 Å². The quantitative estimate of drug-likeness (QED) is 0.710. The van der Waals surface area contributed by atoms with E-state index in [0.29, 0.717) is 18.5 Å². The molecular formula is C12H20ClNO2. The van der Waals surface area contributed by atoms with E-state index >= 15 is 0 Å². The summed E-state index contributed by atoms with van der Waals surface area (Å²) in [6.45, 7) is 3.40. The number of amides is 1. The lowest BCUT2D eigenvalue weighted by Crippen LogP contribution is -2.48. The van der Waals surface area contributed by atoms with E-state index in [9.17, 15) is 4.79 Å². The van der Waals surface area contributed by atoms with Gasteiger partial charge in [0.2, 0.25) is 5.91 Å². The maximum Gasteiger partial charge on any atom is 0.228 e. The first-order chi connectivity index (χ1) is 7.74. The fourth-order valence-electron chi connectivity index (χ4n) is 2.53. The number of halogens is 1. The second kappa shape index (κ2) is 5.37. The van der Waals surface area contributed by atoms with E-state index in [-0.39, 0.29) is 17.9 Å². The standard InChI is InChI=1S/C12H20ClNO2/c1-9-11(5-8-16-9)12(15)14(7-6-13)10-3-2-4-10/h9-11H,2-8H2,1H3. The number of alkyl halides is 1. The van der Waals surface area contributed by atoms with Crippen LogP contribution in [0.3, 0.4) is 0 Å². The van der Waals surface area contributed by atoms with Crippen molar-refractivity contribution in [1.29, 1.82) is 0 Å². The van der Waals surface area contributed by atoms with Gasteiger partial charge in [0, 0.05) is 25.1 Å². The van der Waals surface area contributed by atoms with E-state index in [4.69, 9.17) is 16.3 Å². The molecule has 2 rings (SSSR count). The molecule has 1 saturated heterocycles. The van der Waals surface area contributed by atoms with E-state index < -0.39 is 0 Å². The third-order valence-corrected chi connectivity index (χ3v) is 3.99. The number of rotatable bonds is 4. The number of nitrogens with zero attached hydrogens (tertiary/aromatic N) is 1. The average Bonchev–Trinajstić information content (AvgIpc) is 2.60. The lowest BCUT2D eigenvalue weighted by Gasteiger charge is -2.39. The Morgan fingerprint density at radius 3 is 2.62 bits per heavy atom. The zero-order valence-electron chi connectivity index (χ0n) is 9.82. The first-order valence-corrected chi connectivity index (χ1v) is 6.75. The molecule has 0 radical (unpaired) electrons. The van der Waals surface area contributed by atoms with Crippen molar-refractivity contribution in [3.05, 3.63) is 0 Å². The highest BCUT2D eigenvalue weighted by atomic mass is 35.5. The summed E-state index contributed by atoms with van der Waals surface area (Å²) in [4.78, 5) is 14.4. The van der Waals surface area contributed by atoms with Gasteiger partial charge in [0.15, 0.2) is 0 Å². The topological polar surface area (TPSA) is 29.5 Å². The molecule has 1 heterocycles. The summed E-state index contributed by atoms with van der Waals surface area (Å²) in [6.07, 6.45) is 4.47. The monoisotopic (exact) mass is 245 g/mol. The highest BCUT2D eigenvalue weighted by molar-refractivity contribution is 6.18. The molecule has 0 bridgehead atoms. The van der Waals surface area contributed by atoms with Crippen molar-refractivity contribution >= 4 is 17.5 Å². The van der Waals surface area contributed by atoms with Crippen molar-refractivity contribution in [1.82, 2.24) is 4.90 Å². The smallest absolute Gasteiger partial charge is 0.228 e. The van der Waals surface area contributed by atoms with Crippen molar-refractivity contribution < 1.29 is 9.53 Å². The molecule has 0 aromatic heterocycles. The molecule has 2 aliphatic rings. The molecule has 2 fully saturated rings. The molecule has 3 nitrogen and oxygen atoms in total. The fourth-order valence-corrected chi connectivity index (χ4v) is 2.71. The van der Waals surface area contributed by atoms with E-state index in [1.165, 1.54) is 6.42 Å². The summed E-state index contributed by atoms with van der Waals surface area (Å²) in [5.74, 6) is 0.851. The number of ether oxygens (including phenoxy) is 1. The Hall–Kier alpha value is -0.280. The normalized spacial score (nSPS) is 30.1. The van der Waals surface area contributed by atoms with E-state index in [1.54, 1.807) is 0 Å². The van der Waals surface area contributed by atoms with Crippen LogP contribution in [0, 0.1) is 5.92 Å². The first-order valence-electron chi connectivity index (χ1n) is 6.22. The number of hydrogen-bond donors (Lipinski definition) is 0. The summed E-state index contributed by atoms with van der Waals surface area (Å²) < 4.78 is 5.47. The third-order valence-electron chi connectivity index (χ3n) is 3.82. The Kier molecular flexibility index (Phi) is 4.09. The Labute approximate surface area is 102 Å². The maximum absolute atomic E-state index is 12.4. The predicted octanol–water partition coefficient (Wildman–Crippen LogP) is 2.03. The highest BCUT2D eigenvalue weighted by Crippen LogP contribution is 2.29. The molecule has 2 atom stereocenters. The molecule has 1 saturated carbocycles. The molecule has 0 N–H and O–H groups in total. The Morgan fingerprint density at radius 1 is 1.44 bits per heavy atom. The van der Waals surface area contributed by atoms with Gasteiger partial charge in [-0.05, 0) is 32.6 Å². The molecule has 92 valence electrons. The van der Waals surface area contributed by atoms with Crippen LogP contribution >= 0.6 is 11.6 Å². The molecule has 1 aliphatic heterocycles. The minimum atomic E-state index is 0.0591. The van der Waals surface area contributed by atoms with Gasteiger partial charge in [0.25, 0.3) is 0 Å². The minimum absolute atomic E-state index is 0.0591. The Morgan fingerprint density at radius 2 is 2.19 bits per heavy atom. The minimum Gasteiger partial charge on any atom is -0.378 e. The first kappa shape index (κ1) is 12.2. The Bertz CT molecular complexity index is 255. The van der Waals surface area contributed by atoms with Crippen molar-refractivity contribution in [2.24, 2.45) is 5.92 Å². The summed E-state index contributed by atoms with van der Waals surface area (Å²) in [6, 6.07) is 0.444. The van der Waals surface area contributed by atoms with Crippen LogP contribution in [0.15, 0.2) is 0 Å². The lowest BCUT2D eigenvalue weighted by molar-refractivity contribution is -0.140. The van der Waals surface area contributed by atoms with Gasteiger partial charge in [-0.1, -0.05) is 0 Å². The molecule has 0 aromatic rings. The van der Waals surface area contributed by atoms with Gasteiger partial charge in [0.1, 0.15) is 0 Å². The second-order valence-electron chi connectivity index (χ2n) is 4.78. The SMILES string of the molecule is CC1OCCC1C(=O)N(CCCl)C1CCC1. The highest BCUT2D eigenvalue weighted by Gasteiger charge is 2.37. The van der Waals surface area contributed by atoms with Crippen LogP contribution in [0.1, 0.15) is 32.6 Å². The van der Waals surface area contributed by atoms with Crippen molar-refractivity contribution in [3.8, 4) is 0 Å². The molecule has 1 aliphatic carbocycles. The average molecular weight is 246 g/mol. The fraction of sp³-hybridized carbons (Fsp3) is 0.917. The molecule has 1 amide bonds. The Balaban J connectivity index is 1.98. The van der Waals surface area contributed by atoms with Crippen molar-refractivity contribution in [2.75, 3.05) is 19.0 Å². The van der Waals surface area contributed by atoms with Crippen LogP contribution in [-0.2, 0) is 9.53 Å². The van der Waals surface area contributed by atoms with Crippen molar-refractivity contribution in [3.63, 3.8) is 0 Å². The van der Waals surface area contributed by atoms with Gasteiger partial charge in [-0.15, -0.1) is 11.6 Å². The predicted molar refractivity (Wildman–Crippen MR) is 63.6 cm³/mol. The van der Waals surface area contributed by atoms with Crippen LogP contribution < -0.4 is 0 Å². The number of carbonyl (C=O) groups is 1. The van der Waals surface area contributed by atoms with Crippen LogP contribution in [0.4, 0.5) is 0 Å². The van der Waals surface area contributed by atoms with Gasteiger partial charge >= 0.3 is 0 Å². The van der Waals surface area contributed by atoms with Gasteiger partial charge in [-0.2, -0.15) is 0 Å². The van der Waals surface area contributed by atoms with E-state index in [2.05, 4.69) is 0 Å². The van der Waals surface area contributed by atoms with Crippen LogP contribution in [-0.4, -0.2) is 42.0 Å². The van der Waals surface area contributed by atoms with Crippen molar-refractivity contribution in [2.45, 2.75) is 44.8 Å². The third kappa shape index (κ3) is 2.35. The maximum atomic E-state index is 12.4. The second-order valence-corrected chi connectivity index (χ2v) is 5.15. The molecule has 16 heavy (non-hydrogen) atoms. The zero-order chi connectivity index (χ0) is 11.5. The number of carbonyl (C=O) groups excluding carboxylic acids is 1. The van der Waals surface area contributed by atoms with E-state index in [0.717, 1.165) is 25.9 Å². The summed E-state index contributed by atoms with van der Waals surface area (Å²) in [5.41, 5.74) is 0. The molecule has 0 spiro atoms. The van der Waals surface area contributed by atoms with Crippen LogP contribution in [0.25, 0.3) is 0 Å². The number of hydrogen-bond acceptors (Lipinski definition) is 2. The van der Waals surface area contributed by atoms with Gasteiger partial charge in [0.05, 0.1) is 12.0 Å². The van der Waals surface area contributed by atoms with Crippen LogP contribution in [0.2, 0.25) is 0 Å². The molecule has 4 heteroatoms. The van der Waals surface area contributed by atoms with Gasteiger partial charge < -0.3 is 9.64 Å². The largest absolute Gasteiger partial charge is 0.378 e.